The van der Waals surface area contributed by atoms with Gasteiger partial charge in [0.2, 0.25) is 0 Å². The van der Waals surface area contributed by atoms with Gasteiger partial charge in [-0.15, -0.1) is 0 Å². The zero-order chi connectivity index (χ0) is 15.6. The van der Waals surface area contributed by atoms with Crippen LogP contribution in [-0.4, -0.2) is 15.5 Å². The smallest absolute Gasteiger partial charge is 0.265 e. The van der Waals surface area contributed by atoms with Crippen molar-refractivity contribution in [3.63, 3.8) is 0 Å². The molecule has 0 aromatic heterocycles. The molecule has 0 bridgehead atoms. The Labute approximate surface area is 134 Å². The highest BCUT2D eigenvalue weighted by molar-refractivity contribution is 9.10. The van der Waals surface area contributed by atoms with Gasteiger partial charge < -0.3 is 0 Å². The normalized spacial score (nSPS) is 11.7. The average molecular weight is 368 g/mol. The summed E-state index contributed by atoms with van der Waals surface area (Å²) in [6, 6.07) is 14.4. The van der Waals surface area contributed by atoms with Crippen LogP contribution in [0, 0.1) is 0 Å². The molecular formula is C16H18BrNO2S. The van der Waals surface area contributed by atoms with E-state index < -0.39 is 10.0 Å². The van der Waals surface area contributed by atoms with Crippen LogP contribution in [0.4, 0.5) is 5.69 Å². The minimum atomic E-state index is -3.59. The molecule has 5 heteroatoms. The molecule has 0 aliphatic carbocycles. The van der Waals surface area contributed by atoms with E-state index in [2.05, 4.69) is 29.8 Å². The van der Waals surface area contributed by atoms with E-state index in [1.54, 1.807) is 31.3 Å². The van der Waals surface area contributed by atoms with E-state index in [0.29, 0.717) is 10.2 Å². The lowest BCUT2D eigenvalue weighted by atomic mass is 10.0. The van der Waals surface area contributed by atoms with Gasteiger partial charge in [-0.2, -0.15) is 0 Å². The predicted molar refractivity (Wildman–Crippen MR) is 90.3 cm³/mol. The van der Waals surface area contributed by atoms with E-state index in [4.69, 9.17) is 0 Å². The van der Waals surface area contributed by atoms with Gasteiger partial charge >= 0.3 is 0 Å². The Balaban J connectivity index is 2.54. The second-order valence-electron chi connectivity index (χ2n) is 5.12. The van der Waals surface area contributed by atoms with Gasteiger partial charge in [0.05, 0.1) is 5.69 Å². The number of hydrogen-bond donors (Lipinski definition) is 0. The molecule has 112 valence electrons. The summed E-state index contributed by atoms with van der Waals surface area (Å²) >= 11 is 3.31. The molecule has 2 aromatic carbocycles. The predicted octanol–water partition coefficient (Wildman–Crippen LogP) is 4.40. The molecule has 3 nitrogen and oxygen atoms in total. The molecule has 0 fully saturated rings. The van der Waals surface area contributed by atoms with E-state index in [-0.39, 0.29) is 10.8 Å². The summed E-state index contributed by atoms with van der Waals surface area (Å²) in [7, 11) is -2.00. The SMILES string of the molecule is CC(C)c1ccccc1N(C)S(=O)(=O)c1ccccc1Br. The summed E-state index contributed by atoms with van der Waals surface area (Å²) < 4.78 is 27.6. The first-order valence-corrected chi connectivity index (χ1v) is 8.91. The molecule has 21 heavy (non-hydrogen) atoms. The van der Waals surface area contributed by atoms with Crippen molar-refractivity contribution >= 4 is 31.6 Å². The molecule has 2 aromatic rings. The summed E-state index contributed by atoms with van der Waals surface area (Å²) in [5.74, 6) is 0.248. The monoisotopic (exact) mass is 367 g/mol. The Morgan fingerprint density at radius 2 is 1.57 bits per heavy atom. The van der Waals surface area contributed by atoms with Gasteiger partial charge in [-0.05, 0) is 45.6 Å². The lowest BCUT2D eigenvalue weighted by Gasteiger charge is -2.24. The molecule has 2 rings (SSSR count). The van der Waals surface area contributed by atoms with Crippen LogP contribution in [0.3, 0.4) is 0 Å². The zero-order valence-electron chi connectivity index (χ0n) is 12.2. The van der Waals surface area contributed by atoms with Crippen molar-refractivity contribution < 1.29 is 8.42 Å². The Kier molecular flexibility index (Phi) is 4.74. The Morgan fingerprint density at radius 1 is 1.00 bits per heavy atom. The van der Waals surface area contributed by atoms with Crippen LogP contribution in [0.1, 0.15) is 25.3 Å². The molecule has 0 unspecified atom stereocenters. The van der Waals surface area contributed by atoms with Crippen molar-refractivity contribution in [3.05, 3.63) is 58.6 Å². The van der Waals surface area contributed by atoms with Crippen molar-refractivity contribution in [2.75, 3.05) is 11.4 Å². The van der Waals surface area contributed by atoms with E-state index >= 15 is 0 Å². The fourth-order valence-electron chi connectivity index (χ4n) is 2.19. The molecule has 0 N–H and O–H groups in total. The van der Waals surface area contributed by atoms with Crippen molar-refractivity contribution in [3.8, 4) is 0 Å². The maximum Gasteiger partial charge on any atom is 0.265 e. The first-order valence-electron chi connectivity index (χ1n) is 6.68. The summed E-state index contributed by atoms with van der Waals surface area (Å²) in [5.41, 5.74) is 1.72. The molecule has 0 spiro atoms. The number of benzene rings is 2. The minimum Gasteiger partial charge on any atom is -0.269 e. The highest BCUT2D eigenvalue weighted by atomic mass is 79.9. The lowest BCUT2D eigenvalue weighted by molar-refractivity contribution is 0.593. The molecule has 0 aliphatic rings. The second kappa shape index (κ2) is 6.20. The van der Waals surface area contributed by atoms with E-state index in [9.17, 15) is 8.42 Å². The Hall–Kier alpha value is -1.33. The molecule has 0 heterocycles. The Morgan fingerprint density at radius 3 is 2.19 bits per heavy atom. The van der Waals surface area contributed by atoms with Crippen molar-refractivity contribution in [1.29, 1.82) is 0 Å². The molecule has 0 radical (unpaired) electrons. The summed E-state index contributed by atoms with van der Waals surface area (Å²) in [4.78, 5) is 0.269. The third-order valence-corrected chi connectivity index (χ3v) is 6.16. The first-order chi connectivity index (χ1) is 9.85. The second-order valence-corrected chi connectivity index (χ2v) is 7.91. The van der Waals surface area contributed by atoms with E-state index in [1.807, 2.05) is 24.3 Å². The number of nitrogens with zero attached hydrogens (tertiary/aromatic N) is 1. The highest BCUT2D eigenvalue weighted by Gasteiger charge is 2.25. The van der Waals surface area contributed by atoms with Crippen LogP contribution in [0.25, 0.3) is 0 Å². The standard InChI is InChI=1S/C16H18BrNO2S/c1-12(2)13-8-4-6-10-15(13)18(3)21(19,20)16-11-7-5-9-14(16)17/h4-12H,1-3H3. The molecule has 0 saturated carbocycles. The Bertz CT molecular complexity index is 741. The highest BCUT2D eigenvalue weighted by Crippen LogP contribution is 2.32. The van der Waals surface area contributed by atoms with Crippen molar-refractivity contribution in [1.82, 2.24) is 0 Å². The molecule has 0 amide bonds. The summed E-state index contributed by atoms with van der Waals surface area (Å²) in [6.45, 7) is 4.11. The fraction of sp³-hybridized carbons (Fsp3) is 0.250. The van der Waals surface area contributed by atoms with Gasteiger partial charge in [0.25, 0.3) is 10.0 Å². The van der Waals surface area contributed by atoms with E-state index in [0.717, 1.165) is 5.56 Å². The quantitative estimate of drug-likeness (QED) is 0.802. The molecule has 0 saturated heterocycles. The van der Waals surface area contributed by atoms with Crippen LogP contribution in [0.5, 0.6) is 0 Å². The van der Waals surface area contributed by atoms with Crippen LogP contribution in [0.2, 0.25) is 0 Å². The van der Waals surface area contributed by atoms with Gasteiger partial charge in [-0.25, -0.2) is 8.42 Å². The fourth-order valence-corrected chi connectivity index (χ4v) is 4.38. The first kappa shape index (κ1) is 16.0. The van der Waals surface area contributed by atoms with Crippen molar-refractivity contribution in [2.24, 2.45) is 0 Å². The van der Waals surface area contributed by atoms with Crippen molar-refractivity contribution in [2.45, 2.75) is 24.7 Å². The number of hydrogen-bond acceptors (Lipinski definition) is 2. The van der Waals surface area contributed by atoms with E-state index in [1.165, 1.54) is 4.31 Å². The lowest BCUT2D eigenvalue weighted by Crippen LogP contribution is -2.28. The van der Waals surface area contributed by atoms with Crippen LogP contribution in [-0.2, 0) is 10.0 Å². The number of rotatable bonds is 4. The number of anilines is 1. The molecule has 0 aliphatic heterocycles. The topological polar surface area (TPSA) is 37.4 Å². The number of para-hydroxylation sites is 1. The summed E-state index contributed by atoms with van der Waals surface area (Å²) in [6.07, 6.45) is 0. The van der Waals surface area contributed by atoms with Crippen LogP contribution < -0.4 is 4.31 Å². The van der Waals surface area contributed by atoms with Gasteiger partial charge in [0.15, 0.2) is 0 Å². The minimum absolute atomic E-state index is 0.248. The third kappa shape index (κ3) is 3.14. The maximum absolute atomic E-state index is 12.8. The van der Waals surface area contributed by atoms with Gasteiger partial charge in [0, 0.05) is 11.5 Å². The zero-order valence-corrected chi connectivity index (χ0v) is 14.6. The van der Waals surface area contributed by atoms with Crippen LogP contribution in [0.15, 0.2) is 57.9 Å². The maximum atomic E-state index is 12.8. The largest absolute Gasteiger partial charge is 0.269 e. The number of halogens is 1. The molecule has 0 atom stereocenters. The summed E-state index contributed by atoms with van der Waals surface area (Å²) in [5, 5.41) is 0. The number of sulfonamides is 1. The van der Waals surface area contributed by atoms with Gasteiger partial charge in [0.1, 0.15) is 4.90 Å². The van der Waals surface area contributed by atoms with Crippen LogP contribution >= 0.6 is 15.9 Å². The molecular weight excluding hydrogens is 350 g/mol. The average Bonchev–Trinajstić information content (AvgIpc) is 2.46. The van der Waals surface area contributed by atoms with Gasteiger partial charge in [-0.3, -0.25) is 4.31 Å². The third-order valence-electron chi connectivity index (χ3n) is 3.37. The van der Waals surface area contributed by atoms with Gasteiger partial charge in [-0.1, -0.05) is 44.2 Å².